The maximum absolute atomic E-state index is 12.1. The molecule has 2 rings (SSSR count). The number of rotatable bonds is 6. The lowest BCUT2D eigenvalue weighted by atomic mass is 10.0. The summed E-state index contributed by atoms with van der Waals surface area (Å²) < 4.78 is 9.86. The summed E-state index contributed by atoms with van der Waals surface area (Å²) in [5.41, 5.74) is 0.581. The van der Waals surface area contributed by atoms with Gasteiger partial charge >= 0.3 is 0 Å². The molecule has 21 heavy (non-hydrogen) atoms. The van der Waals surface area contributed by atoms with Crippen molar-refractivity contribution in [3.05, 3.63) is 24.2 Å². The minimum atomic E-state index is -0.00591. The number of nitrogens with zero attached hydrogens (tertiary/aromatic N) is 1. The van der Waals surface area contributed by atoms with Crippen molar-refractivity contribution in [1.29, 1.82) is 0 Å². The zero-order valence-corrected chi connectivity index (χ0v) is 12.3. The predicted molar refractivity (Wildman–Crippen MR) is 76.9 cm³/mol. The number of hydrogen-bond acceptors (Lipinski definition) is 4. The summed E-state index contributed by atoms with van der Waals surface area (Å²) in [5, 5.41) is 3.02. The third-order valence-corrected chi connectivity index (χ3v) is 3.67. The molecule has 0 spiro atoms. The van der Waals surface area contributed by atoms with Crippen molar-refractivity contribution in [2.24, 2.45) is 0 Å². The van der Waals surface area contributed by atoms with Gasteiger partial charge in [-0.25, -0.2) is 0 Å². The van der Waals surface area contributed by atoms with Gasteiger partial charge in [-0.15, -0.1) is 0 Å². The van der Waals surface area contributed by atoms with E-state index in [-0.39, 0.29) is 17.9 Å². The molecule has 0 unspecified atom stereocenters. The molecule has 1 saturated heterocycles. The van der Waals surface area contributed by atoms with E-state index < -0.39 is 0 Å². The van der Waals surface area contributed by atoms with E-state index in [4.69, 9.17) is 9.15 Å². The van der Waals surface area contributed by atoms with Crippen LogP contribution in [0.3, 0.4) is 0 Å². The van der Waals surface area contributed by atoms with Crippen LogP contribution in [0.1, 0.15) is 36.0 Å². The van der Waals surface area contributed by atoms with Crippen molar-refractivity contribution in [3.63, 3.8) is 0 Å². The molecule has 0 atom stereocenters. The summed E-state index contributed by atoms with van der Waals surface area (Å²) in [6.45, 7) is 1.92. The van der Waals surface area contributed by atoms with Gasteiger partial charge in [0.25, 0.3) is 5.91 Å². The molecule has 0 saturated carbocycles. The number of hydrogen-bond donors (Lipinski definition) is 1. The van der Waals surface area contributed by atoms with E-state index in [1.54, 1.807) is 18.1 Å². The Bertz CT molecular complexity index is 450. The number of piperidine rings is 1. The van der Waals surface area contributed by atoms with Crippen LogP contribution in [0.5, 0.6) is 0 Å². The minimum Gasteiger partial charge on any atom is -0.472 e. The first-order chi connectivity index (χ1) is 10.2. The number of likely N-dealkylation sites (tertiary alicyclic amines) is 1. The van der Waals surface area contributed by atoms with Gasteiger partial charge in [0, 0.05) is 39.3 Å². The van der Waals surface area contributed by atoms with Crippen LogP contribution in [-0.2, 0) is 9.53 Å². The molecule has 1 N–H and O–H groups in total. The monoisotopic (exact) mass is 294 g/mol. The van der Waals surface area contributed by atoms with Gasteiger partial charge in [-0.3, -0.25) is 9.59 Å². The minimum absolute atomic E-state index is 0.00591. The summed E-state index contributed by atoms with van der Waals surface area (Å²) in [7, 11) is 1.63. The van der Waals surface area contributed by atoms with Gasteiger partial charge in [0.05, 0.1) is 11.8 Å². The molecule has 1 aliphatic rings. The molecular formula is C15H22N2O4. The van der Waals surface area contributed by atoms with Gasteiger partial charge in [0.2, 0.25) is 5.91 Å². The molecule has 0 aromatic carbocycles. The van der Waals surface area contributed by atoms with Crippen LogP contribution in [-0.4, -0.2) is 49.6 Å². The number of carbonyl (C=O) groups excluding carboxylic acids is 2. The number of amides is 2. The van der Waals surface area contributed by atoms with Crippen molar-refractivity contribution in [1.82, 2.24) is 10.2 Å². The Morgan fingerprint density at radius 3 is 2.81 bits per heavy atom. The molecule has 2 amide bonds. The summed E-state index contributed by atoms with van der Waals surface area (Å²) in [4.78, 5) is 25.7. The quantitative estimate of drug-likeness (QED) is 0.806. The van der Waals surface area contributed by atoms with Crippen LogP contribution in [0.2, 0.25) is 0 Å². The van der Waals surface area contributed by atoms with Gasteiger partial charge in [0.1, 0.15) is 6.26 Å². The lowest BCUT2D eigenvalue weighted by Crippen LogP contribution is -2.46. The number of ether oxygens (including phenoxy) is 1. The first kappa shape index (κ1) is 15.6. The standard InChI is InChI=1S/C15H22N2O4/c1-20-9-2-3-14(18)16-13-4-7-17(8-5-13)15(19)12-6-10-21-11-12/h6,10-11,13H,2-5,7-9H2,1H3,(H,16,18). The van der Waals surface area contributed by atoms with Crippen LogP contribution in [0.25, 0.3) is 0 Å². The van der Waals surface area contributed by atoms with Crippen molar-refractivity contribution in [2.45, 2.75) is 31.7 Å². The zero-order chi connectivity index (χ0) is 15.1. The average molecular weight is 294 g/mol. The normalized spacial score (nSPS) is 16.0. The van der Waals surface area contributed by atoms with Crippen LogP contribution < -0.4 is 5.32 Å². The summed E-state index contributed by atoms with van der Waals surface area (Å²) in [6, 6.07) is 1.83. The van der Waals surface area contributed by atoms with E-state index >= 15 is 0 Å². The van der Waals surface area contributed by atoms with E-state index in [1.807, 2.05) is 0 Å². The molecule has 1 aromatic rings. The number of furan rings is 1. The van der Waals surface area contributed by atoms with Crippen molar-refractivity contribution in [2.75, 3.05) is 26.8 Å². The Kier molecular flexibility index (Phi) is 5.80. The fraction of sp³-hybridized carbons (Fsp3) is 0.600. The lowest BCUT2D eigenvalue weighted by molar-refractivity contribution is -0.122. The SMILES string of the molecule is COCCCC(=O)NC1CCN(C(=O)c2ccoc2)CC1. The molecule has 6 nitrogen and oxygen atoms in total. The zero-order valence-electron chi connectivity index (χ0n) is 12.3. The Labute approximate surface area is 124 Å². The van der Waals surface area contributed by atoms with Crippen LogP contribution >= 0.6 is 0 Å². The fourth-order valence-electron chi connectivity index (χ4n) is 2.47. The molecule has 1 aliphatic heterocycles. The second-order valence-electron chi connectivity index (χ2n) is 5.24. The molecule has 0 bridgehead atoms. The van der Waals surface area contributed by atoms with Gasteiger partial charge in [-0.1, -0.05) is 0 Å². The number of nitrogens with one attached hydrogen (secondary N) is 1. The van der Waals surface area contributed by atoms with E-state index in [9.17, 15) is 9.59 Å². The van der Waals surface area contributed by atoms with E-state index in [0.717, 1.165) is 19.3 Å². The second-order valence-corrected chi connectivity index (χ2v) is 5.24. The highest BCUT2D eigenvalue weighted by Crippen LogP contribution is 2.14. The van der Waals surface area contributed by atoms with E-state index in [0.29, 0.717) is 31.7 Å². The van der Waals surface area contributed by atoms with Crippen molar-refractivity contribution < 1.29 is 18.7 Å². The largest absolute Gasteiger partial charge is 0.472 e. The maximum Gasteiger partial charge on any atom is 0.257 e. The predicted octanol–water partition coefficient (Wildman–Crippen LogP) is 1.43. The van der Waals surface area contributed by atoms with Crippen molar-refractivity contribution in [3.8, 4) is 0 Å². The summed E-state index contributed by atoms with van der Waals surface area (Å²) in [5.74, 6) is 0.0558. The van der Waals surface area contributed by atoms with E-state index in [2.05, 4.69) is 5.32 Å². The van der Waals surface area contributed by atoms with Gasteiger partial charge in [-0.05, 0) is 25.3 Å². The summed E-state index contributed by atoms with van der Waals surface area (Å²) >= 11 is 0. The highest BCUT2D eigenvalue weighted by Gasteiger charge is 2.24. The average Bonchev–Trinajstić information content (AvgIpc) is 3.02. The Hall–Kier alpha value is -1.82. The Morgan fingerprint density at radius 2 is 2.19 bits per heavy atom. The van der Waals surface area contributed by atoms with Gasteiger partial charge in [-0.2, -0.15) is 0 Å². The first-order valence-electron chi connectivity index (χ1n) is 7.30. The highest BCUT2D eigenvalue weighted by atomic mass is 16.5. The maximum atomic E-state index is 12.1. The fourth-order valence-corrected chi connectivity index (χ4v) is 2.47. The molecule has 2 heterocycles. The second kappa shape index (κ2) is 7.83. The molecule has 1 aromatic heterocycles. The number of methoxy groups -OCH3 is 1. The number of carbonyl (C=O) groups is 2. The van der Waals surface area contributed by atoms with Crippen LogP contribution in [0.15, 0.2) is 23.0 Å². The van der Waals surface area contributed by atoms with Crippen LogP contribution in [0, 0.1) is 0 Å². The summed E-state index contributed by atoms with van der Waals surface area (Å²) in [6.07, 6.45) is 5.77. The highest BCUT2D eigenvalue weighted by molar-refractivity contribution is 5.93. The Morgan fingerprint density at radius 1 is 1.43 bits per heavy atom. The molecule has 0 aliphatic carbocycles. The van der Waals surface area contributed by atoms with Gasteiger partial charge in [0.15, 0.2) is 0 Å². The molecule has 116 valence electrons. The molecular weight excluding hydrogens is 272 g/mol. The smallest absolute Gasteiger partial charge is 0.257 e. The molecule has 1 fully saturated rings. The third-order valence-electron chi connectivity index (χ3n) is 3.67. The lowest BCUT2D eigenvalue weighted by Gasteiger charge is -2.32. The molecule has 0 radical (unpaired) electrons. The first-order valence-corrected chi connectivity index (χ1v) is 7.30. The molecule has 6 heteroatoms. The Balaban J connectivity index is 1.71. The van der Waals surface area contributed by atoms with Crippen molar-refractivity contribution >= 4 is 11.8 Å². The van der Waals surface area contributed by atoms with Crippen LogP contribution in [0.4, 0.5) is 0 Å². The third kappa shape index (κ3) is 4.60. The van der Waals surface area contributed by atoms with Gasteiger partial charge < -0.3 is 19.4 Å². The topological polar surface area (TPSA) is 71.8 Å². The van der Waals surface area contributed by atoms with E-state index in [1.165, 1.54) is 12.5 Å².